The van der Waals surface area contributed by atoms with Crippen LogP contribution in [0.3, 0.4) is 0 Å². The number of nitrogens with zero attached hydrogens (tertiary/aromatic N) is 2. The van der Waals surface area contributed by atoms with Crippen molar-refractivity contribution in [2.45, 2.75) is 44.7 Å². The van der Waals surface area contributed by atoms with Crippen molar-refractivity contribution in [3.63, 3.8) is 0 Å². The van der Waals surface area contributed by atoms with Crippen molar-refractivity contribution in [3.05, 3.63) is 27.7 Å². The third-order valence-corrected chi connectivity index (χ3v) is 6.12. The Kier molecular flexibility index (Phi) is 4.50. The van der Waals surface area contributed by atoms with Gasteiger partial charge in [-0.1, -0.05) is 15.9 Å². The van der Waals surface area contributed by atoms with Gasteiger partial charge in [0.2, 0.25) is 5.91 Å². The minimum atomic E-state index is -0.997. The van der Waals surface area contributed by atoms with E-state index in [0.29, 0.717) is 26.0 Å². The first-order valence-corrected chi connectivity index (χ1v) is 9.95. The lowest BCUT2D eigenvalue weighted by molar-refractivity contribution is -0.138. The minimum absolute atomic E-state index is 0.170. The number of hydrogen-bond donors (Lipinski definition) is 1. The molecule has 3 fully saturated rings. The van der Waals surface area contributed by atoms with Gasteiger partial charge in [-0.25, -0.2) is 9.69 Å². The van der Waals surface area contributed by atoms with Gasteiger partial charge in [-0.2, -0.15) is 0 Å². The predicted octanol–water partition coefficient (Wildman–Crippen LogP) is 2.27. The van der Waals surface area contributed by atoms with Crippen LogP contribution in [0.2, 0.25) is 0 Å². The van der Waals surface area contributed by atoms with Crippen molar-refractivity contribution in [3.8, 4) is 0 Å². The van der Waals surface area contributed by atoms with Gasteiger partial charge in [-0.05, 0) is 49.9 Å². The molecule has 3 heterocycles. The van der Waals surface area contributed by atoms with Crippen LogP contribution in [0.25, 0.3) is 0 Å². The SMILES string of the molecule is Cc1cc(Br)cc(C)c1N1CCC[C@H](N2C(=O)N[C@]3(CCOC3)C2=O)C1=O. The Bertz CT molecular complexity index is 811. The fourth-order valence-electron chi connectivity index (χ4n) is 4.40. The number of amides is 4. The van der Waals surface area contributed by atoms with Gasteiger partial charge in [0.25, 0.3) is 5.91 Å². The lowest BCUT2D eigenvalue weighted by Crippen LogP contribution is -2.56. The molecule has 1 aromatic rings. The van der Waals surface area contributed by atoms with Gasteiger partial charge in [0.05, 0.1) is 6.61 Å². The van der Waals surface area contributed by atoms with Crippen LogP contribution >= 0.6 is 15.9 Å². The second kappa shape index (κ2) is 6.60. The van der Waals surface area contributed by atoms with E-state index in [4.69, 9.17) is 4.74 Å². The molecule has 2 atom stereocenters. The number of benzene rings is 1. The van der Waals surface area contributed by atoms with E-state index < -0.39 is 17.6 Å². The maximum Gasteiger partial charge on any atom is 0.325 e. The average Bonchev–Trinajstić information content (AvgIpc) is 3.15. The highest BCUT2D eigenvalue weighted by Gasteiger charge is 2.57. The molecule has 7 nitrogen and oxygen atoms in total. The van der Waals surface area contributed by atoms with Crippen molar-refractivity contribution >= 4 is 39.5 Å². The molecule has 4 rings (SSSR count). The number of nitrogens with one attached hydrogen (secondary N) is 1. The van der Waals surface area contributed by atoms with E-state index in [1.54, 1.807) is 4.90 Å². The van der Waals surface area contributed by atoms with Crippen LogP contribution in [-0.2, 0) is 14.3 Å². The Balaban J connectivity index is 1.65. The molecule has 1 spiro atoms. The highest BCUT2D eigenvalue weighted by Crippen LogP contribution is 2.35. The van der Waals surface area contributed by atoms with E-state index in [2.05, 4.69) is 21.2 Å². The van der Waals surface area contributed by atoms with Gasteiger partial charge in [0, 0.05) is 29.7 Å². The smallest absolute Gasteiger partial charge is 0.325 e. The van der Waals surface area contributed by atoms with Gasteiger partial charge in [-0.15, -0.1) is 0 Å². The second-order valence-electron chi connectivity index (χ2n) is 7.53. The van der Waals surface area contributed by atoms with E-state index in [1.165, 1.54) is 0 Å². The number of ether oxygens (including phenoxy) is 1. The van der Waals surface area contributed by atoms with E-state index in [0.717, 1.165) is 32.6 Å². The summed E-state index contributed by atoms with van der Waals surface area (Å²) in [5.41, 5.74) is 1.82. The molecule has 3 aliphatic rings. The number of piperidine rings is 1. The summed E-state index contributed by atoms with van der Waals surface area (Å²) in [5.74, 6) is -0.538. The Morgan fingerprint density at radius 3 is 2.56 bits per heavy atom. The number of imide groups is 1. The van der Waals surface area contributed by atoms with E-state index in [9.17, 15) is 14.4 Å². The Morgan fingerprint density at radius 1 is 1.22 bits per heavy atom. The number of urea groups is 1. The number of hydrogen-bond acceptors (Lipinski definition) is 4. The summed E-state index contributed by atoms with van der Waals surface area (Å²) in [6, 6.07) is 2.68. The largest absolute Gasteiger partial charge is 0.378 e. The zero-order valence-electron chi connectivity index (χ0n) is 15.4. The molecule has 27 heavy (non-hydrogen) atoms. The van der Waals surface area contributed by atoms with Gasteiger partial charge in [0.1, 0.15) is 11.6 Å². The number of aryl methyl sites for hydroxylation is 2. The molecule has 3 aliphatic heterocycles. The fourth-order valence-corrected chi connectivity index (χ4v) is 5.09. The lowest BCUT2D eigenvalue weighted by Gasteiger charge is -2.37. The summed E-state index contributed by atoms with van der Waals surface area (Å²) in [6.45, 7) is 5.10. The molecule has 0 bridgehead atoms. The van der Waals surface area contributed by atoms with Gasteiger partial charge >= 0.3 is 6.03 Å². The standard InChI is InChI=1S/C19H22BrN3O4/c1-11-8-13(20)9-12(2)15(11)22-6-3-4-14(16(22)24)23-17(25)19(21-18(23)26)5-7-27-10-19/h8-9,14H,3-7,10H2,1-2H3,(H,21,26)/t14-,19-/m0/s1. The molecule has 0 radical (unpaired) electrons. The number of carbonyl (C=O) groups is 3. The number of carbonyl (C=O) groups excluding carboxylic acids is 3. The zero-order chi connectivity index (χ0) is 19.3. The third kappa shape index (κ3) is 2.86. The van der Waals surface area contributed by atoms with E-state index in [-0.39, 0.29) is 18.4 Å². The molecule has 1 aromatic carbocycles. The second-order valence-corrected chi connectivity index (χ2v) is 8.44. The Morgan fingerprint density at radius 2 is 1.93 bits per heavy atom. The van der Waals surface area contributed by atoms with Crippen LogP contribution in [0.4, 0.5) is 10.5 Å². The molecule has 3 saturated heterocycles. The Hall–Kier alpha value is -1.93. The van der Waals surface area contributed by atoms with Crippen LogP contribution in [0.1, 0.15) is 30.4 Å². The molecule has 0 aliphatic carbocycles. The third-order valence-electron chi connectivity index (χ3n) is 5.66. The molecular formula is C19H22BrN3O4. The fraction of sp³-hybridized carbons (Fsp3) is 0.526. The molecule has 1 N–H and O–H groups in total. The maximum absolute atomic E-state index is 13.3. The van der Waals surface area contributed by atoms with E-state index >= 15 is 0 Å². The number of anilines is 1. The first-order chi connectivity index (χ1) is 12.8. The van der Waals surface area contributed by atoms with Crippen molar-refractivity contribution < 1.29 is 19.1 Å². The number of rotatable bonds is 2. The highest BCUT2D eigenvalue weighted by molar-refractivity contribution is 9.10. The van der Waals surface area contributed by atoms with Crippen LogP contribution < -0.4 is 10.2 Å². The first-order valence-electron chi connectivity index (χ1n) is 9.16. The summed E-state index contributed by atoms with van der Waals surface area (Å²) < 4.78 is 6.29. The summed E-state index contributed by atoms with van der Waals surface area (Å²) in [7, 11) is 0. The summed E-state index contributed by atoms with van der Waals surface area (Å²) in [6.07, 6.45) is 1.66. The van der Waals surface area contributed by atoms with Crippen molar-refractivity contribution in [1.82, 2.24) is 10.2 Å². The van der Waals surface area contributed by atoms with Crippen molar-refractivity contribution in [1.29, 1.82) is 0 Å². The van der Waals surface area contributed by atoms with Crippen LogP contribution in [-0.4, -0.2) is 54.1 Å². The summed E-state index contributed by atoms with van der Waals surface area (Å²) in [5, 5.41) is 2.77. The molecule has 0 saturated carbocycles. The van der Waals surface area contributed by atoms with Crippen molar-refractivity contribution in [2.75, 3.05) is 24.7 Å². The Labute approximate surface area is 166 Å². The molecule has 144 valence electrons. The highest BCUT2D eigenvalue weighted by atomic mass is 79.9. The van der Waals surface area contributed by atoms with Gasteiger partial charge in [-0.3, -0.25) is 9.59 Å². The monoisotopic (exact) mass is 435 g/mol. The quantitative estimate of drug-likeness (QED) is 0.722. The first kappa shape index (κ1) is 18.4. The minimum Gasteiger partial charge on any atom is -0.378 e. The van der Waals surface area contributed by atoms with Crippen LogP contribution in [0.15, 0.2) is 16.6 Å². The topological polar surface area (TPSA) is 79.0 Å². The molecular weight excluding hydrogens is 414 g/mol. The molecule has 0 unspecified atom stereocenters. The molecule has 4 amide bonds. The zero-order valence-corrected chi connectivity index (χ0v) is 17.0. The van der Waals surface area contributed by atoms with E-state index in [1.807, 2.05) is 26.0 Å². The molecule has 0 aromatic heterocycles. The van der Waals surface area contributed by atoms with Gasteiger partial charge < -0.3 is 15.0 Å². The molecule has 8 heteroatoms. The van der Waals surface area contributed by atoms with Crippen LogP contribution in [0.5, 0.6) is 0 Å². The number of halogens is 1. The average molecular weight is 436 g/mol. The van der Waals surface area contributed by atoms with Crippen LogP contribution in [0, 0.1) is 13.8 Å². The summed E-state index contributed by atoms with van der Waals surface area (Å²) >= 11 is 3.48. The lowest BCUT2D eigenvalue weighted by atomic mass is 9.96. The normalized spacial score (nSPS) is 28.4. The maximum atomic E-state index is 13.3. The van der Waals surface area contributed by atoms with Crippen molar-refractivity contribution in [2.24, 2.45) is 0 Å². The predicted molar refractivity (Wildman–Crippen MR) is 103 cm³/mol. The summed E-state index contributed by atoms with van der Waals surface area (Å²) in [4.78, 5) is 41.7. The van der Waals surface area contributed by atoms with Gasteiger partial charge in [0.15, 0.2) is 0 Å².